The summed E-state index contributed by atoms with van der Waals surface area (Å²) >= 11 is 1.40. The standard InChI is InChI=1S/C14H17N5O3S/c1-23-14-10(9-15)13(19-11(17-14)3-5-16-19)18-22-8-4-12-20-6-2-7-21-12/h3,5,12,18H,2,4,6-8H2,1H3. The van der Waals surface area contributed by atoms with Gasteiger partial charge >= 0.3 is 0 Å². The Kier molecular flexibility index (Phi) is 5.30. The summed E-state index contributed by atoms with van der Waals surface area (Å²) in [4.78, 5) is 9.88. The molecule has 8 nitrogen and oxygen atoms in total. The monoisotopic (exact) mass is 335 g/mol. The van der Waals surface area contributed by atoms with Crippen LogP contribution in [0.15, 0.2) is 17.3 Å². The van der Waals surface area contributed by atoms with Gasteiger partial charge in [0.05, 0.1) is 26.0 Å². The minimum absolute atomic E-state index is 0.232. The molecule has 122 valence electrons. The van der Waals surface area contributed by atoms with Gasteiger partial charge in [-0.05, 0) is 12.7 Å². The van der Waals surface area contributed by atoms with Gasteiger partial charge in [-0.25, -0.2) is 10.5 Å². The van der Waals surface area contributed by atoms with Crippen LogP contribution in [0.3, 0.4) is 0 Å². The summed E-state index contributed by atoms with van der Waals surface area (Å²) in [6, 6.07) is 3.92. The van der Waals surface area contributed by atoms with Crippen LogP contribution in [0.25, 0.3) is 5.65 Å². The Balaban J connectivity index is 1.69. The number of anilines is 1. The number of fused-ring (bicyclic) bond motifs is 1. The van der Waals surface area contributed by atoms with Crippen molar-refractivity contribution in [3.05, 3.63) is 17.8 Å². The van der Waals surface area contributed by atoms with E-state index >= 15 is 0 Å². The normalized spacial score (nSPS) is 15.7. The summed E-state index contributed by atoms with van der Waals surface area (Å²) in [6.07, 6.45) is 4.80. The number of nitrogens with zero attached hydrogens (tertiary/aromatic N) is 4. The second-order valence-electron chi connectivity index (χ2n) is 4.82. The summed E-state index contributed by atoms with van der Waals surface area (Å²) in [6.45, 7) is 1.81. The maximum atomic E-state index is 9.41. The Labute approximate surface area is 137 Å². The predicted octanol–water partition coefficient (Wildman–Crippen LogP) is 1.82. The van der Waals surface area contributed by atoms with E-state index in [1.165, 1.54) is 11.8 Å². The number of aromatic nitrogens is 3. The molecule has 3 heterocycles. The summed E-state index contributed by atoms with van der Waals surface area (Å²) in [5.41, 5.74) is 3.87. The first kappa shape index (κ1) is 16.0. The molecule has 3 rings (SSSR count). The third-order valence-corrected chi connectivity index (χ3v) is 4.01. The van der Waals surface area contributed by atoms with Crippen LogP contribution in [0, 0.1) is 11.3 Å². The number of hydrogen-bond donors (Lipinski definition) is 1. The number of nitrogens with one attached hydrogen (secondary N) is 1. The quantitative estimate of drug-likeness (QED) is 0.370. The van der Waals surface area contributed by atoms with Gasteiger partial charge in [0.1, 0.15) is 16.7 Å². The fourth-order valence-electron chi connectivity index (χ4n) is 2.24. The molecule has 1 fully saturated rings. The molecule has 2 aromatic rings. The van der Waals surface area contributed by atoms with Crippen LogP contribution in [0.4, 0.5) is 5.82 Å². The highest BCUT2D eigenvalue weighted by Crippen LogP contribution is 2.25. The van der Waals surface area contributed by atoms with E-state index in [1.807, 2.05) is 6.26 Å². The van der Waals surface area contributed by atoms with Crippen molar-refractivity contribution in [2.24, 2.45) is 0 Å². The first-order valence-electron chi connectivity index (χ1n) is 7.26. The van der Waals surface area contributed by atoms with Crippen molar-refractivity contribution in [2.45, 2.75) is 24.2 Å². The van der Waals surface area contributed by atoms with Crippen LogP contribution in [0.5, 0.6) is 0 Å². The fourth-order valence-corrected chi connectivity index (χ4v) is 2.77. The van der Waals surface area contributed by atoms with E-state index in [0.717, 1.165) is 6.42 Å². The number of nitriles is 1. The average molecular weight is 335 g/mol. The largest absolute Gasteiger partial charge is 0.352 e. The predicted molar refractivity (Wildman–Crippen MR) is 84.0 cm³/mol. The lowest BCUT2D eigenvalue weighted by molar-refractivity contribution is -0.185. The summed E-state index contributed by atoms with van der Waals surface area (Å²) < 4.78 is 12.5. The van der Waals surface area contributed by atoms with Crippen LogP contribution >= 0.6 is 11.8 Å². The molecular formula is C14H17N5O3S. The SMILES string of the molecule is CSc1nc2ccnn2c(NOCCC2OCCCO2)c1C#N. The molecule has 1 aliphatic heterocycles. The molecule has 0 saturated carbocycles. The highest BCUT2D eigenvalue weighted by atomic mass is 32.2. The van der Waals surface area contributed by atoms with E-state index in [9.17, 15) is 5.26 Å². The minimum Gasteiger partial charge on any atom is -0.352 e. The molecule has 0 aromatic carbocycles. The van der Waals surface area contributed by atoms with Gasteiger partial charge in [-0.2, -0.15) is 14.9 Å². The van der Waals surface area contributed by atoms with Gasteiger partial charge in [0, 0.05) is 12.5 Å². The van der Waals surface area contributed by atoms with Crippen molar-refractivity contribution in [3.8, 4) is 6.07 Å². The van der Waals surface area contributed by atoms with Crippen LogP contribution in [-0.2, 0) is 14.3 Å². The van der Waals surface area contributed by atoms with Crippen LogP contribution < -0.4 is 5.48 Å². The van der Waals surface area contributed by atoms with Crippen molar-refractivity contribution >= 4 is 23.2 Å². The van der Waals surface area contributed by atoms with Gasteiger partial charge in [-0.15, -0.1) is 11.8 Å². The van der Waals surface area contributed by atoms with Crippen LogP contribution in [-0.4, -0.2) is 47.0 Å². The van der Waals surface area contributed by atoms with Gasteiger partial charge in [0.25, 0.3) is 0 Å². The first-order valence-corrected chi connectivity index (χ1v) is 8.49. The Morgan fingerprint density at radius 1 is 1.52 bits per heavy atom. The highest BCUT2D eigenvalue weighted by molar-refractivity contribution is 7.98. The van der Waals surface area contributed by atoms with Crippen molar-refractivity contribution in [1.29, 1.82) is 5.26 Å². The molecule has 1 saturated heterocycles. The fraction of sp³-hybridized carbons (Fsp3) is 0.500. The summed E-state index contributed by atoms with van der Waals surface area (Å²) in [5.74, 6) is 0.470. The second kappa shape index (κ2) is 7.61. The maximum Gasteiger partial charge on any atom is 0.174 e. The molecule has 0 bridgehead atoms. The molecule has 0 aliphatic carbocycles. The van der Waals surface area contributed by atoms with E-state index < -0.39 is 0 Å². The number of ether oxygens (including phenoxy) is 2. The zero-order valence-electron chi connectivity index (χ0n) is 12.7. The van der Waals surface area contributed by atoms with Gasteiger partial charge in [0.15, 0.2) is 17.8 Å². The van der Waals surface area contributed by atoms with Gasteiger partial charge in [-0.3, -0.25) is 4.84 Å². The molecule has 2 aromatic heterocycles. The van der Waals surface area contributed by atoms with Crippen molar-refractivity contribution in [1.82, 2.24) is 14.6 Å². The third kappa shape index (κ3) is 3.56. The Hall–Kier alpha value is -1.86. The molecule has 23 heavy (non-hydrogen) atoms. The highest BCUT2D eigenvalue weighted by Gasteiger charge is 2.17. The van der Waals surface area contributed by atoms with E-state index in [4.69, 9.17) is 14.3 Å². The van der Waals surface area contributed by atoms with Gasteiger partial charge < -0.3 is 9.47 Å². The molecule has 9 heteroatoms. The number of thioether (sulfide) groups is 1. The lowest BCUT2D eigenvalue weighted by Crippen LogP contribution is -2.26. The Morgan fingerprint density at radius 2 is 2.35 bits per heavy atom. The van der Waals surface area contributed by atoms with Crippen molar-refractivity contribution in [2.75, 3.05) is 31.6 Å². The molecule has 1 N–H and O–H groups in total. The Bertz CT molecular complexity index is 708. The summed E-state index contributed by atoms with van der Waals surface area (Å²) in [5, 5.41) is 14.2. The van der Waals surface area contributed by atoms with E-state index in [1.54, 1.807) is 16.8 Å². The van der Waals surface area contributed by atoms with Gasteiger partial charge in [0.2, 0.25) is 0 Å². The first-order chi connectivity index (χ1) is 11.3. The molecule has 0 atom stereocenters. The Morgan fingerprint density at radius 3 is 3.09 bits per heavy atom. The lowest BCUT2D eigenvalue weighted by atomic mass is 10.3. The van der Waals surface area contributed by atoms with Crippen LogP contribution in [0.1, 0.15) is 18.4 Å². The summed E-state index contributed by atoms with van der Waals surface area (Å²) in [7, 11) is 0. The van der Waals surface area contributed by atoms with E-state index in [0.29, 0.717) is 48.3 Å². The number of hydrogen-bond acceptors (Lipinski definition) is 8. The molecule has 0 radical (unpaired) electrons. The number of rotatable bonds is 6. The third-order valence-electron chi connectivity index (χ3n) is 3.33. The zero-order chi connectivity index (χ0) is 16.1. The van der Waals surface area contributed by atoms with Crippen LogP contribution in [0.2, 0.25) is 0 Å². The molecule has 0 amide bonds. The minimum atomic E-state index is -0.232. The second-order valence-corrected chi connectivity index (χ2v) is 5.62. The zero-order valence-corrected chi connectivity index (χ0v) is 13.5. The maximum absolute atomic E-state index is 9.41. The molecule has 1 aliphatic rings. The lowest BCUT2D eigenvalue weighted by Gasteiger charge is -2.23. The van der Waals surface area contributed by atoms with E-state index in [-0.39, 0.29) is 6.29 Å². The smallest absolute Gasteiger partial charge is 0.174 e. The van der Waals surface area contributed by atoms with E-state index in [2.05, 4.69) is 21.6 Å². The topological polar surface area (TPSA) is 93.7 Å². The molecule has 0 spiro atoms. The van der Waals surface area contributed by atoms with Crippen molar-refractivity contribution in [3.63, 3.8) is 0 Å². The average Bonchev–Trinajstić information content (AvgIpc) is 3.07. The molecular weight excluding hydrogens is 318 g/mol. The molecule has 0 unspecified atom stereocenters. The van der Waals surface area contributed by atoms with Crippen molar-refractivity contribution < 1.29 is 14.3 Å². The van der Waals surface area contributed by atoms with Gasteiger partial charge in [-0.1, -0.05) is 0 Å².